The first-order valence-electron chi connectivity index (χ1n) is 6.12. The van der Waals surface area contributed by atoms with Crippen LogP contribution in [0.1, 0.15) is 6.42 Å². The molecule has 1 aliphatic rings. The van der Waals surface area contributed by atoms with Gasteiger partial charge in [-0.2, -0.15) is 0 Å². The maximum Gasteiger partial charge on any atom is 0.139 e. The van der Waals surface area contributed by atoms with Crippen molar-refractivity contribution in [1.82, 2.24) is 5.32 Å². The summed E-state index contributed by atoms with van der Waals surface area (Å²) in [5.41, 5.74) is 0. The highest BCUT2D eigenvalue weighted by atomic mass is 35.5. The maximum atomic E-state index is 5.99. The van der Waals surface area contributed by atoms with Crippen LogP contribution in [0.5, 0.6) is 5.75 Å². The maximum absolute atomic E-state index is 5.99. The van der Waals surface area contributed by atoms with E-state index < -0.39 is 0 Å². The van der Waals surface area contributed by atoms with Crippen LogP contribution in [0, 0.1) is 5.92 Å². The quantitative estimate of drug-likeness (QED) is 0.817. The average molecular weight is 290 g/mol. The van der Waals surface area contributed by atoms with E-state index in [1.807, 2.05) is 0 Å². The van der Waals surface area contributed by atoms with Crippen LogP contribution < -0.4 is 10.1 Å². The van der Waals surface area contributed by atoms with Crippen molar-refractivity contribution in [3.63, 3.8) is 0 Å². The molecule has 1 N–H and O–H groups in total. The average Bonchev–Trinajstić information content (AvgIpc) is 2.86. The Morgan fingerprint density at radius 2 is 2.28 bits per heavy atom. The summed E-state index contributed by atoms with van der Waals surface area (Å²) in [6.07, 6.45) is 1.15. The molecule has 18 heavy (non-hydrogen) atoms. The van der Waals surface area contributed by atoms with Gasteiger partial charge >= 0.3 is 0 Å². The highest BCUT2D eigenvalue weighted by molar-refractivity contribution is 6.34. The number of hydrogen-bond acceptors (Lipinski definition) is 3. The molecule has 100 valence electrons. The minimum atomic E-state index is 0.577. The van der Waals surface area contributed by atoms with Crippen molar-refractivity contribution in [2.24, 2.45) is 5.92 Å². The number of hydrogen-bond donors (Lipinski definition) is 1. The molecule has 0 aromatic heterocycles. The Labute approximate surface area is 117 Å². The smallest absolute Gasteiger partial charge is 0.139 e. The molecule has 1 heterocycles. The first-order chi connectivity index (χ1) is 8.75. The van der Waals surface area contributed by atoms with Gasteiger partial charge in [0.25, 0.3) is 0 Å². The second kappa shape index (κ2) is 7.19. The van der Waals surface area contributed by atoms with Gasteiger partial charge in [-0.3, -0.25) is 0 Å². The minimum absolute atomic E-state index is 0.577. The van der Waals surface area contributed by atoms with Crippen LogP contribution in [-0.2, 0) is 4.74 Å². The number of nitrogens with one attached hydrogen (secondary N) is 1. The molecule has 2 rings (SSSR count). The third-order valence-corrected chi connectivity index (χ3v) is 3.43. The molecule has 5 heteroatoms. The van der Waals surface area contributed by atoms with Crippen molar-refractivity contribution in [1.29, 1.82) is 0 Å². The standard InChI is InChI=1S/C13H17Cl2NO2/c14-11-1-2-12(15)13(7-11)18-6-4-16-8-10-3-5-17-9-10/h1-2,7,10,16H,3-6,8-9H2. The van der Waals surface area contributed by atoms with E-state index in [-0.39, 0.29) is 0 Å². The summed E-state index contributed by atoms with van der Waals surface area (Å²) in [6, 6.07) is 5.21. The summed E-state index contributed by atoms with van der Waals surface area (Å²) in [5, 5.41) is 4.57. The largest absolute Gasteiger partial charge is 0.491 e. The molecular weight excluding hydrogens is 273 g/mol. The summed E-state index contributed by atoms with van der Waals surface area (Å²) in [5.74, 6) is 1.27. The van der Waals surface area contributed by atoms with Gasteiger partial charge < -0.3 is 14.8 Å². The van der Waals surface area contributed by atoms with Gasteiger partial charge in [-0.25, -0.2) is 0 Å². The number of ether oxygens (including phenoxy) is 2. The summed E-state index contributed by atoms with van der Waals surface area (Å²) < 4.78 is 10.9. The molecule has 0 aliphatic carbocycles. The normalized spacial score (nSPS) is 19.1. The zero-order valence-electron chi connectivity index (χ0n) is 10.1. The van der Waals surface area contributed by atoms with Crippen LogP contribution >= 0.6 is 23.2 Å². The van der Waals surface area contributed by atoms with Crippen molar-refractivity contribution in [3.8, 4) is 5.75 Å². The lowest BCUT2D eigenvalue weighted by atomic mass is 10.1. The second-order valence-electron chi connectivity index (χ2n) is 4.36. The first-order valence-corrected chi connectivity index (χ1v) is 6.87. The Morgan fingerprint density at radius 3 is 3.06 bits per heavy atom. The molecular formula is C13H17Cl2NO2. The van der Waals surface area contributed by atoms with Gasteiger partial charge in [0.1, 0.15) is 12.4 Å². The molecule has 1 atom stereocenters. The summed E-state index contributed by atoms with van der Waals surface area (Å²) >= 11 is 11.9. The van der Waals surface area contributed by atoms with Crippen LogP contribution in [-0.4, -0.2) is 32.9 Å². The van der Waals surface area contributed by atoms with Crippen LogP contribution in [0.4, 0.5) is 0 Å². The molecule has 0 saturated carbocycles. The Morgan fingerprint density at radius 1 is 1.39 bits per heavy atom. The van der Waals surface area contributed by atoms with Crippen LogP contribution in [0.15, 0.2) is 18.2 Å². The van der Waals surface area contributed by atoms with Gasteiger partial charge in [0.2, 0.25) is 0 Å². The molecule has 1 aromatic carbocycles. The minimum Gasteiger partial charge on any atom is -0.491 e. The van der Waals surface area contributed by atoms with Crippen molar-refractivity contribution in [2.45, 2.75) is 6.42 Å². The third-order valence-electron chi connectivity index (χ3n) is 2.89. The number of rotatable bonds is 6. The van der Waals surface area contributed by atoms with E-state index in [2.05, 4.69) is 5.32 Å². The van der Waals surface area contributed by atoms with Gasteiger partial charge in [0.05, 0.1) is 11.6 Å². The zero-order chi connectivity index (χ0) is 12.8. The van der Waals surface area contributed by atoms with E-state index in [9.17, 15) is 0 Å². The summed E-state index contributed by atoms with van der Waals surface area (Å²) in [4.78, 5) is 0. The highest BCUT2D eigenvalue weighted by Gasteiger charge is 2.14. The Bertz CT molecular complexity index is 381. The lowest BCUT2D eigenvalue weighted by Gasteiger charge is -2.11. The molecule has 1 aliphatic heterocycles. The van der Waals surface area contributed by atoms with Gasteiger partial charge in [0.15, 0.2) is 0 Å². The fourth-order valence-corrected chi connectivity index (χ4v) is 2.21. The van der Waals surface area contributed by atoms with Crippen molar-refractivity contribution in [2.75, 3.05) is 32.9 Å². The Balaban J connectivity index is 1.64. The van der Waals surface area contributed by atoms with E-state index >= 15 is 0 Å². The first kappa shape index (κ1) is 13.9. The van der Waals surface area contributed by atoms with Gasteiger partial charge in [0, 0.05) is 30.8 Å². The van der Waals surface area contributed by atoms with Crippen molar-refractivity contribution < 1.29 is 9.47 Å². The molecule has 1 unspecified atom stereocenters. The van der Waals surface area contributed by atoms with Crippen molar-refractivity contribution >= 4 is 23.2 Å². The van der Waals surface area contributed by atoms with E-state index in [1.165, 1.54) is 0 Å². The molecule has 3 nitrogen and oxygen atoms in total. The Hall–Kier alpha value is -0.480. The number of halogens is 2. The molecule has 0 bridgehead atoms. The van der Waals surface area contributed by atoms with Crippen LogP contribution in [0.25, 0.3) is 0 Å². The van der Waals surface area contributed by atoms with Gasteiger partial charge in [-0.05, 0) is 24.5 Å². The molecule has 1 saturated heterocycles. The summed E-state index contributed by atoms with van der Waals surface area (Å²) in [7, 11) is 0. The van der Waals surface area contributed by atoms with E-state index in [4.69, 9.17) is 32.7 Å². The topological polar surface area (TPSA) is 30.5 Å². The predicted octanol–water partition coefficient (Wildman–Crippen LogP) is 3.00. The lowest BCUT2D eigenvalue weighted by Crippen LogP contribution is -2.27. The molecule has 1 fully saturated rings. The SMILES string of the molecule is Clc1ccc(Cl)c(OCCNCC2CCOC2)c1. The fourth-order valence-electron chi connectivity index (χ4n) is 1.87. The van der Waals surface area contributed by atoms with E-state index in [1.54, 1.807) is 18.2 Å². The molecule has 0 radical (unpaired) electrons. The lowest BCUT2D eigenvalue weighted by molar-refractivity contribution is 0.185. The second-order valence-corrected chi connectivity index (χ2v) is 5.20. The summed E-state index contributed by atoms with van der Waals surface area (Å²) in [6.45, 7) is 4.11. The predicted molar refractivity (Wildman–Crippen MR) is 73.8 cm³/mol. The molecule has 1 aromatic rings. The van der Waals surface area contributed by atoms with Gasteiger partial charge in [-0.1, -0.05) is 23.2 Å². The van der Waals surface area contributed by atoms with E-state index in [0.717, 1.165) is 32.7 Å². The van der Waals surface area contributed by atoms with Crippen molar-refractivity contribution in [3.05, 3.63) is 28.2 Å². The van der Waals surface area contributed by atoms with E-state index in [0.29, 0.717) is 28.3 Å². The fraction of sp³-hybridized carbons (Fsp3) is 0.538. The third kappa shape index (κ3) is 4.32. The zero-order valence-corrected chi connectivity index (χ0v) is 11.6. The Kier molecular flexibility index (Phi) is 5.57. The molecule has 0 spiro atoms. The molecule has 0 amide bonds. The number of benzene rings is 1. The van der Waals surface area contributed by atoms with Gasteiger partial charge in [-0.15, -0.1) is 0 Å². The monoisotopic (exact) mass is 289 g/mol. The van der Waals surface area contributed by atoms with Crippen LogP contribution in [0.3, 0.4) is 0 Å². The highest BCUT2D eigenvalue weighted by Crippen LogP contribution is 2.27. The van der Waals surface area contributed by atoms with Crippen LogP contribution in [0.2, 0.25) is 10.0 Å².